The summed E-state index contributed by atoms with van der Waals surface area (Å²) in [5, 5.41) is 2.87. The number of esters is 1. The summed E-state index contributed by atoms with van der Waals surface area (Å²) < 4.78 is 4.80. The maximum absolute atomic E-state index is 13.0. The van der Waals surface area contributed by atoms with E-state index in [1.807, 2.05) is 0 Å². The molecular formula is C18H35N3O3. The van der Waals surface area contributed by atoms with E-state index in [9.17, 15) is 9.59 Å². The Hall–Kier alpha value is -1.14. The van der Waals surface area contributed by atoms with Crippen molar-refractivity contribution < 1.29 is 14.3 Å². The predicted octanol–water partition coefficient (Wildman–Crippen LogP) is 1.64. The molecule has 1 rings (SSSR count). The lowest BCUT2D eigenvalue weighted by Gasteiger charge is -2.50. The van der Waals surface area contributed by atoms with E-state index in [0.717, 1.165) is 13.1 Å². The van der Waals surface area contributed by atoms with Gasteiger partial charge in [-0.25, -0.2) is 4.79 Å². The van der Waals surface area contributed by atoms with Crippen molar-refractivity contribution >= 4 is 11.9 Å². The lowest BCUT2D eigenvalue weighted by Crippen LogP contribution is -2.68. The number of piperazine rings is 1. The molecule has 0 aromatic heterocycles. The lowest BCUT2D eigenvalue weighted by atomic mass is 9.95. The van der Waals surface area contributed by atoms with Crippen LogP contribution in [0.1, 0.15) is 55.4 Å². The minimum atomic E-state index is -1.04. The zero-order valence-corrected chi connectivity index (χ0v) is 16.8. The van der Waals surface area contributed by atoms with E-state index in [4.69, 9.17) is 4.74 Å². The first kappa shape index (κ1) is 20.9. The predicted molar refractivity (Wildman–Crippen MR) is 95.8 cm³/mol. The van der Waals surface area contributed by atoms with E-state index in [-0.39, 0.29) is 23.0 Å². The molecule has 1 unspecified atom stereocenters. The van der Waals surface area contributed by atoms with Crippen LogP contribution in [0.25, 0.3) is 0 Å². The third kappa shape index (κ3) is 4.93. The maximum atomic E-state index is 13.0. The summed E-state index contributed by atoms with van der Waals surface area (Å²) in [4.78, 5) is 29.4. The van der Waals surface area contributed by atoms with Crippen LogP contribution in [0.5, 0.6) is 0 Å². The molecule has 1 atom stereocenters. The van der Waals surface area contributed by atoms with E-state index in [1.54, 1.807) is 13.8 Å². The van der Waals surface area contributed by atoms with Crippen molar-refractivity contribution in [2.24, 2.45) is 0 Å². The number of methoxy groups -OCH3 is 1. The molecule has 1 heterocycles. The van der Waals surface area contributed by atoms with Crippen molar-refractivity contribution in [1.29, 1.82) is 0 Å². The zero-order valence-electron chi connectivity index (χ0n) is 16.8. The fourth-order valence-corrected chi connectivity index (χ4v) is 3.12. The van der Waals surface area contributed by atoms with E-state index < -0.39 is 11.5 Å². The highest BCUT2D eigenvalue weighted by Crippen LogP contribution is 2.26. The fraction of sp³-hybridized carbons (Fsp3) is 0.889. The molecule has 0 bridgehead atoms. The first-order chi connectivity index (χ1) is 10.7. The van der Waals surface area contributed by atoms with E-state index >= 15 is 0 Å². The van der Waals surface area contributed by atoms with Gasteiger partial charge in [0.1, 0.15) is 11.6 Å². The molecular weight excluding hydrogens is 306 g/mol. The molecule has 1 saturated heterocycles. The van der Waals surface area contributed by atoms with Gasteiger partial charge in [-0.1, -0.05) is 0 Å². The number of nitrogens with zero attached hydrogens (tertiary/aromatic N) is 2. The highest BCUT2D eigenvalue weighted by atomic mass is 16.5. The number of amides is 1. The van der Waals surface area contributed by atoms with Crippen molar-refractivity contribution in [3.8, 4) is 0 Å². The quantitative estimate of drug-likeness (QED) is 0.791. The first-order valence-electron chi connectivity index (χ1n) is 8.62. The summed E-state index contributed by atoms with van der Waals surface area (Å²) in [7, 11) is 1.33. The molecule has 0 spiro atoms. The summed E-state index contributed by atoms with van der Waals surface area (Å²) in [6.45, 7) is 18.5. The second kappa shape index (κ2) is 7.00. The molecule has 1 aliphatic heterocycles. The molecule has 0 aromatic rings. The van der Waals surface area contributed by atoms with Crippen LogP contribution < -0.4 is 5.32 Å². The van der Waals surface area contributed by atoms with Crippen LogP contribution >= 0.6 is 0 Å². The third-order valence-electron chi connectivity index (χ3n) is 4.62. The summed E-state index contributed by atoms with van der Waals surface area (Å²) in [5.41, 5.74) is -1.17. The van der Waals surface area contributed by atoms with Gasteiger partial charge in [-0.2, -0.15) is 0 Å². The van der Waals surface area contributed by atoms with Crippen molar-refractivity contribution in [3.05, 3.63) is 0 Å². The second-order valence-electron chi connectivity index (χ2n) is 9.10. The normalized spacial score (nSPS) is 21.5. The standard InChI is InChI=1S/C18H35N3O3/c1-16(2,3)20-10-11-21(17(4,5)6)13(12-20)14(22)19-18(7,8)15(23)24-9/h13H,10-12H2,1-9H3,(H,19,22). The topological polar surface area (TPSA) is 61.9 Å². The molecule has 6 nitrogen and oxygen atoms in total. The minimum absolute atomic E-state index is 0.000368. The van der Waals surface area contributed by atoms with Gasteiger partial charge in [0.15, 0.2) is 0 Å². The van der Waals surface area contributed by atoms with Crippen LogP contribution in [0.4, 0.5) is 0 Å². The highest BCUT2D eigenvalue weighted by Gasteiger charge is 2.42. The number of rotatable bonds is 3. The molecule has 1 fully saturated rings. The Bertz CT molecular complexity index is 475. The number of carbonyl (C=O) groups excluding carboxylic acids is 2. The Morgan fingerprint density at radius 3 is 1.92 bits per heavy atom. The van der Waals surface area contributed by atoms with Crippen molar-refractivity contribution in [2.45, 2.75) is 78.0 Å². The number of hydrogen-bond acceptors (Lipinski definition) is 5. The van der Waals surface area contributed by atoms with Crippen molar-refractivity contribution in [3.63, 3.8) is 0 Å². The van der Waals surface area contributed by atoms with Gasteiger partial charge in [0, 0.05) is 30.7 Å². The Labute approximate surface area is 146 Å². The van der Waals surface area contributed by atoms with Crippen molar-refractivity contribution in [1.82, 2.24) is 15.1 Å². The van der Waals surface area contributed by atoms with Crippen LogP contribution in [0, 0.1) is 0 Å². The number of hydrogen-bond donors (Lipinski definition) is 1. The molecule has 1 amide bonds. The van der Waals surface area contributed by atoms with Gasteiger partial charge in [0.25, 0.3) is 0 Å². The van der Waals surface area contributed by atoms with Crippen molar-refractivity contribution in [2.75, 3.05) is 26.7 Å². The third-order valence-corrected chi connectivity index (χ3v) is 4.62. The van der Waals surface area contributed by atoms with Gasteiger partial charge in [0.05, 0.1) is 7.11 Å². The van der Waals surface area contributed by atoms with Crippen LogP contribution in [-0.2, 0) is 14.3 Å². The Kier molecular flexibility index (Phi) is 6.10. The molecule has 6 heteroatoms. The van der Waals surface area contributed by atoms with Gasteiger partial charge in [0.2, 0.25) is 5.91 Å². The second-order valence-corrected chi connectivity index (χ2v) is 9.10. The monoisotopic (exact) mass is 341 g/mol. The molecule has 0 radical (unpaired) electrons. The van der Waals surface area contributed by atoms with Gasteiger partial charge in [-0.15, -0.1) is 0 Å². The molecule has 0 aromatic carbocycles. The number of nitrogens with one attached hydrogen (secondary N) is 1. The minimum Gasteiger partial charge on any atom is -0.467 e. The average molecular weight is 341 g/mol. The highest BCUT2D eigenvalue weighted by molar-refractivity contribution is 5.90. The summed E-state index contributed by atoms with van der Waals surface area (Å²) in [5.74, 6) is -0.573. The van der Waals surface area contributed by atoms with E-state index in [0.29, 0.717) is 6.54 Å². The first-order valence-corrected chi connectivity index (χ1v) is 8.62. The largest absolute Gasteiger partial charge is 0.467 e. The average Bonchev–Trinajstić information content (AvgIpc) is 2.43. The molecule has 1 N–H and O–H groups in total. The Morgan fingerprint density at radius 1 is 0.958 bits per heavy atom. The summed E-state index contributed by atoms with van der Waals surface area (Å²) >= 11 is 0. The fourth-order valence-electron chi connectivity index (χ4n) is 3.12. The SMILES string of the molecule is COC(=O)C(C)(C)NC(=O)C1CN(C(C)(C)C)CCN1C(C)(C)C. The molecule has 140 valence electrons. The number of ether oxygens (including phenoxy) is 1. The number of carbonyl (C=O) groups is 2. The molecule has 24 heavy (non-hydrogen) atoms. The summed E-state index contributed by atoms with van der Waals surface area (Å²) in [6, 6.07) is -0.304. The molecule has 1 aliphatic rings. The smallest absolute Gasteiger partial charge is 0.330 e. The van der Waals surface area contributed by atoms with Crippen LogP contribution in [-0.4, -0.2) is 71.1 Å². The van der Waals surface area contributed by atoms with E-state index in [2.05, 4.69) is 56.7 Å². The zero-order chi connectivity index (χ0) is 18.9. The van der Waals surface area contributed by atoms with Gasteiger partial charge in [-0.3, -0.25) is 14.6 Å². The van der Waals surface area contributed by atoms with Crippen LogP contribution in [0.3, 0.4) is 0 Å². The Morgan fingerprint density at radius 2 is 1.50 bits per heavy atom. The van der Waals surface area contributed by atoms with Gasteiger partial charge in [-0.05, 0) is 55.4 Å². The van der Waals surface area contributed by atoms with E-state index in [1.165, 1.54) is 7.11 Å². The van der Waals surface area contributed by atoms with Crippen LogP contribution in [0.15, 0.2) is 0 Å². The Balaban J connectivity index is 3.02. The maximum Gasteiger partial charge on any atom is 0.330 e. The van der Waals surface area contributed by atoms with Crippen LogP contribution in [0.2, 0.25) is 0 Å². The molecule has 0 aliphatic carbocycles. The molecule has 0 saturated carbocycles. The van der Waals surface area contributed by atoms with Gasteiger partial charge >= 0.3 is 5.97 Å². The lowest BCUT2D eigenvalue weighted by molar-refractivity contribution is -0.151. The summed E-state index contributed by atoms with van der Waals surface area (Å²) in [6.07, 6.45) is 0. The van der Waals surface area contributed by atoms with Gasteiger partial charge < -0.3 is 10.1 Å².